The van der Waals surface area contributed by atoms with Gasteiger partial charge in [-0.05, 0) is 24.6 Å². The lowest BCUT2D eigenvalue weighted by Crippen LogP contribution is -2.09. The van der Waals surface area contributed by atoms with Crippen molar-refractivity contribution in [3.8, 4) is 5.75 Å². The minimum atomic E-state index is 0.555. The Hall–Kier alpha value is -2.30. The summed E-state index contributed by atoms with van der Waals surface area (Å²) < 4.78 is 7.65. The predicted molar refractivity (Wildman–Crippen MR) is 77.5 cm³/mol. The van der Waals surface area contributed by atoms with Crippen LogP contribution < -0.4 is 4.74 Å². The summed E-state index contributed by atoms with van der Waals surface area (Å²) in [5.74, 6) is 0.740. The first-order chi connectivity index (χ1) is 9.76. The van der Waals surface area contributed by atoms with E-state index in [1.807, 2.05) is 49.0 Å². The third-order valence-corrected chi connectivity index (χ3v) is 3.19. The van der Waals surface area contributed by atoms with Gasteiger partial charge in [0.1, 0.15) is 5.75 Å². The van der Waals surface area contributed by atoms with Gasteiger partial charge >= 0.3 is 0 Å². The molecule has 0 bridgehead atoms. The summed E-state index contributed by atoms with van der Waals surface area (Å²) in [7, 11) is 1.91. The van der Waals surface area contributed by atoms with Gasteiger partial charge in [-0.15, -0.1) is 0 Å². The Morgan fingerprint density at radius 3 is 2.80 bits per heavy atom. The number of oxime groups is 1. The molecule has 0 fully saturated rings. The van der Waals surface area contributed by atoms with Gasteiger partial charge in [0.2, 0.25) is 0 Å². The highest BCUT2D eigenvalue weighted by Crippen LogP contribution is 2.20. The van der Waals surface area contributed by atoms with E-state index in [1.165, 1.54) is 0 Å². The second-order valence-electron chi connectivity index (χ2n) is 4.44. The van der Waals surface area contributed by atoms with E-state index >= 15 is 0 Å². The molecule has 0 unspecified atom stereocenters. The Kier molecular flexibility index (Phi) is 4.76. The van der Waals surface area contributed by atoms with Gasteiger partial charge in [-0.2, -0.15) is 5.10 Å². The molecule has 0 atom stereocenters. The lowest BCUT2D eigenvalue weighted by molar-refractivity contribution is 0.312. The molecule has 1 heterocycles. The molecular formula is C15H19N3O2. The van der Waals surface area contributed by atoms with Crippen LogP contribution in [0.5, 0.6) is 5.75 Å². The van der Waals surface area contributed by atoms with Crippen molar-refractivity contribution in [1.29, 1.82) is 0 Å². The first kappa shape index (κ1) is 14.1. The summed E-state index contributed by atoms with van der Waals surface area (Å²) in [4.78, 5) is 0. The zero-order chi connectivity index (χ0) is 14.4. The van der Waals surface area contributed by atoms with Crippen LogP contribution in [0.4, 0.5) is 0 Å². The van der Waals surface area contributed by atoms with Crippen molar-refractivity contribution in [2.24, 2.45) is 12.2 Å². The van der Waals surface area contributed by atoms with Gasteiger partial charge < -0.3 is 9.94 Å². The van der Waals surface area contributed by atoms with Crippen molar-refractivity contribution in [2.75, 3.05) is 6.61 Å². The standard InChI is InChI=1S/C15H19N3O2/c1-3-14(17-19)13-6-4-5-7-15(13)20-11-9-12-8-10-16-18(12)2/h4-8,10,19H,3,9,11H2,1-2H3/b17-14-. The number of hydrogen-bond acceptors (Lipinski definition) is 4. The number of hydrogen-bond donors (Lipinski definition) is 1. The fraction of sp³-hybridized carbons (Fsp3) is 0.333. The van der Waals surface area contributed by atoms with Gasteiger partial charge in [-0.1, -0.05) is 24.2 Å². The fourth-order valence-corrected chi connectivity index (χ4v) is 2.06. The highest BCUT2D eigenvalue weighted by Gasteiger charge is 2.09. The van der Waals surface area contributed by atoms with E-state index in [1.54, 1.807) is 6.20 Å². The number of rotatable bonds is 6. The highest BCUT2D eigenvalue weighted by molar-refractivity contribution is 6.02. The molecule has 0 radical (unpaired) electrons. The number of aromatic nitrogens is 2. The average molecular weight is 273 g/mol. The van der Waals surface area contributed by atoms with Gasteiger partial charge in [0.15, 0.2) is 0 Å². The van der Waals surface area contributed by atoms with E-state index in [0.717, 1.165) is 23.4 Å². The number of ether oxygens (including phenoxy) is 1. The van der Waals surface area contributed by atoms with Crippen molar-refractivity contribution in [2.45, 2.75) is 19.8 Å². The molecule has 20 heavy (non-hydrogen) atoms. The van der Waals surface area contributed by atoms with E-state index < -0.39 is 0 Å². The summed E-state index contributed by atoms with van der Waals surface area (Å²) in [5, 5.41) is 16.5. The van der Waals surface area contributed by atoms with E-state index in [9.17, 15) is 0 Å². The van der Waals surface area contributed by atoms with Crippen molar-refractivity contribution >= 4 is 5.71 Å². The molecule has 1 N–H and O–H groups in total. The number of para-hydroxylation sites is 1. The quantitative estimate of drug-likeness (QED) is 0.500. The maximum absolute atomic E-state index is 9.04. The summed E-state index contributed by atoms with van der Waals surface area (Å²) in [6, 6.07) is 9.58. The van der Waals surface area contributed by atoms with Crippen molar-refractivity contribution in [3.63, 3.8) is 0 Å². The lowest BCUT2D eigenvalue weighted by Gasteiger charge is -2.11. The minimum Gasteiger partial charge on any atom is -0.492 e. The van der Waals surface area contributed by atoms with E-state index in [4.69, 9.17) is 9.94 Å². The van der Waals surface area contributed by atoms with Crippen LogP contribution in [0.3, 0.4) is 0 Å². The van der Waals surface area contributed by atoms with Crippen molar-refractivity contribution < 1.29 is 9.94 Å². The molecule has 1 aromatic carbocycles. The van der Waals surface area contributed by atoms with Crippen LogP contribution in [0, 0.1) is 0 Å². The van der Waals surface area contributed by atoms with Gasteiger partial charge in [0, 0.05) is 30.9 Å². The highest BCUT2D eigenvalue weighted by atomic mass is 16.5. The van der Waals surface area contributed by atoms with Gasteiger partial charge in [-0.25, -0.2) is 0 Å². The topological polar surface area (TPSA) is 59.6 Å². The van der Waals surface area contributed by atoms with Crippen LogP contribution >= 0.6 is 0 Å². The molecule has 5 heteroatoms. The van der Waals surface area contributed by atoms with Crippen LogP contribution in [0.25, 0.3) is 0 Å². The molecular weight excluding hydrogens is 254 g/mol. The summed E-state index contributed by atoms with van der Waals surface area (Å²) in [6.45, 7) is 2.50. The summed E-state index contributed by atoms with van der Waals surface area (Å²) >= 11 is 0. The van der Waals surface area contributed by atoms with E-state index in [-0.39, 0.29) is 0 Å². The monoisotopic (exact) mass is 273 g/mol. The third-order valence-electron chi connectivity index (χ3n) is 3.19. The molecule has 0 aliphatic carbocycles. The van der Waals surface area contributed by atoms with Crippen molar-refractivity contribution in [1.82, 2.24) is 9.78 Å². The largest absolute Gasteiger partial charge is 0.492 e. The minimum absolute atomic E-state index is 0.555. The molecule has 2 aromatic rings. The molecule has 0 aliphatic rings. The SMILES string of the molecule is CC/C(=N/O)c1ccccc1OCCc1ccnn1C. The normalized spacial score (nSPS) is 11.6. The second-order valence-corrected chi connectivity index (χ2v) is 4.44. The Morgan fingerprint density at radius 2 is 2.15 bits per heavy atom. The molecule has 0 saturated heterocycles. The van der Waals surface area contributed by atoms with Gasteiger partial charge in [0.25, 0.3) is 0 Å². The van der Waals surface area contributed by atoms with Crippen LogP contribution in [-0.4, -0.2) is 27.3 Å². The maximum atomic E-state index is 9.04. The van der Waals surface area contributed by atoms with Crippen LogP contribution in [-0.2, 0) is 13.5 Å². The summed E-state index contributed by atoms with van der Waals surface area (Å²) in [6.07, 6.45) is 3.21. The molecule has 0 aliphatic heterocycles. The Labute approximate surface area is 118 Å². The molecule has 0 spiro atoms. The third kappa shape index (κ3) is 3.17. The Bertz CT molecular complexity index is 590. The maximum Gasteiger partial charge on any atom is 0.128 e. The molecule has 5 nitrogen and oxygen atoms in total. The first-order valence-electron chi connectivity index (χ1n) is 6.66. The van der Waals surface area contributed by atoms with Gasteiger partial charge in [0.05, 0.1) is 12.3 Å². The zero-order valence-corrected chi connectivity index (χ0v) is 11.8. The molecule has 2 rings (SSSR count). The lowest BCUT2D eigenvalue weighted by atomic mass is 10.1. The van der Waals surface area contributed by atoms with Crippen LogP contribution in [0.15, 0.2) is 41.7 Å². The molecule has 0 saturated carbocycles. The van der Waals surface area contributed by atoms with Crippen LogP contribution in [0.1, 0.15) is 24.6 Å². The molecule has 0 amide bonds. The Morgan fingerprint density at radius 1 is 1.35 bits per heavy atom. The van der Waals surface area contributed by atoms with Crippen LogP contribution in [0.2, 0.25) is 0 Å². The zero-order valence-electron chi connectivity index (χ0n) is 11.8. The second kappa shape index (κ2) is 6.75. The smallest absolute Gasteiger partial charge is 0.128 e. The first-order valence-corrected chi connectivity index (χ1v) is 6.66. The average Bonchev–Trinajstić information content (AvgIpc) is 2.87. The van der Waals surface area contributed by atoms with E-state index in [2.05, 4.69) is 10.3 Å². The summed E-state index contributed by atoms with van der Waals surface area (Å²) in [5.41, 5.74) is 2.58. The predicted octanol–water partition coefficient (Wildman–Crippen LogP) is 2.63. The number of aryl methyl sites for hydroxylation is 1. The fourth-order valence-electron chi connectivity index (χ4n) is 2.06. The Balaban J connectivity index is 2.05. The number of benzene rings is 1. The number of nitrogens with zero attached hydrogens (tertiary/aromatic N) is 3. The van der Waals surface area contributed by atoms with E-state index in [0.29, 0.717) is 18.7 Å². The molecule has 106 valence electrons. The molecule has 1 aromatic heterocycles. The van der Waals surface area contributed by atoms with Gasteiger partial charge in [-0.3, -0.25) is 4.68 Å². The van der Waals surface area contributed by atoms with Crippen molar-refractivity contribution in [3.05, 3.63) is 47.8 Å².